The Morgan fingerprint density at radius 1 is 1.32 bits per heavy atom. The molecule has 1 aliphatic carbocycles. The zero-order valence-electron chi connectivity index (χ0n) is 12.3. The van der Waals surface area contributed by atoms with Crippen LogP contribution < -0.4 is 5.32 Å². The minimum Gasteiger partial charge on any atom is -0.385 e. The van der Waals surface area contributed by atoms with Crippen molar-refractivity contribution >= 4 is 29.9 Å². The van der Waals surface area contributed by atoms with E-state index in [2.05, 4.69) is 22.3 Å². The maximum Gasteiger partial charge on any atom is 0.193 e. The summed E-state index contributed by atoms with van der Waals surface area (Å²) in [6.07, 6.45) is 7.98. The lowest BCUT2D eigenvalue weighted by Gasteiger charge is -2.38. The molecule has 2 rings (SSSR count). The summed E-state index contributed by atoms with van der Waals surface area (Å²) in [5, 5.41) is 3.57. The quantitative estimate of drug-likeness (QED) is 0.744. The van der Waals surface area contributed by atoms with Gasteiger partial charge in [-0.2, -0.15) is 0 Å². The molecule has 0 radical (unpaired) electrons. The van der Waals surface area contributed by atoms with Crippen LogP contribution >= 0.6 is 24.0 Å². The Hall–Kier alpha value is -0.0400. The number of halogens is 1. The highest BCUT2D eigenvalue weighted by Gasteiger charge is 2.32. The Morgan fingerprint density at radius 2 is 2.05 bits per heavy atom. The molecular weight excluding hydrogens is 353 g/mol. The molecule has 1 heterocycles. The van der Waals surface area contributed by atoms with Crippen LogP contribution in [0, 0.1) is 5.41 Å². The van der Waals surface area contributed by atoms with Gasteiger partial charge < -0.3 is 15.0 Å². The second-order valence-electron chi connectivity index (χ2n) is 5.78. The fourth-order valence-corrected chi connectivity index (χ4v) is 3.13. The topological polar surface area (TPSA) is 36.9 Å². The summed E-state index contributed by atoms with van der Waals surface area (Å²) in [6.45, 7) is 3.92. The smallest absolute Gasteiger partial charge is 0.193 e. The van der Waals surface area contributed by atoms with Crippen LogP contribution in [0.25, 0.3) is 0 Å². The summed E-state index contributed by atoms with van der Waals surface area (Å²) in [5.41, 5.74) is 0.431. The van der Waals surface area contributed by atoms with Crippen molar-refractivity contribution in [3.05, 3.63) is 0 Å². The van der Waals surface area contributed by atoms with Gasteiger partial charge in [0.25, 0.3) is 0 Å². The highest BCUT2D eigenvalue weighted by Crippen LogP contribution is 2.38. The molecule has 0 unspecified atom stereocenters. The summed E-state index contributed by atoms with van der Waals surface area (Å²) >= 11 is 0. The average Bonchev–Trinajstić information content (AvgIpc) is 2.81. The minimum atomic E-state index is 0. The van der Waals surface area contributed by atoms with E-state index in [1.807, 2.05) is 0 Å². The van der Waals surface area contributed by atoms with Crippen LogP contribution in [-0.4, -0.2) is 51.3 Å². The van der Waals surface area contributed by atoms with Gasteiger partial charge in [0.15, 0.2) is 5.96 Å². The lowest BCUT2D eigenvalue weighted by Crippen LogP contribution is -2.43. The van der Waals surface area contributed by atoms with E-state index in [4.69, 9.17) is 4.74 Å². The van der Waals surface area contributed by atoms with Crippen LogP contribution in [-0.2, 0) is 4.74 Å². The number of aliphatic imine (C=N–C) groups is 1. The molecule has 19 heavy (non-hydrogen) atoms. The molecule has 1 saturated carbocycles. The van der Waals surface area contributed by atoms with E-state index in [1.165, 1.54) is 38.5 Å². The standard InChI is InChI=1S/C14H27N3O.HI/c1-17-10-9-15-13(17)16-12-14(8-11-18-2)6-4-3-5-7-14;/h3-12H2,1-2H3,(H,15,16);1H. The predicted molar refractivity (Wildman–Crippen MR) is 90.4 cm³/mol. The summed E-state index contributed by atoms with van der Waals surface area (Å²) in [4.78, 5) is 6.73. The van der Waals surface area contributed by atoms with Gasteiger partial charge >= 0.3 is 0 Å². The Labute approximate surface area is 134 Å². The van der Waals surface area contributed by atoms with Crippen molar-refractivity contribution in [2.75, 3.05) is 40.4 Å². The SMILES string of the molecule is COCCC1(CNC2=NCCN2C)CCCCC1.I. The Kier molecular flexibility index (Phi) is 7.42. The maximum absolute atomic E-state index is 5.29. The number of rotatable bonds is 5. The molecule has 0 aromatic rings. The van der Waals surface area contributed by atoms with Gasteiger partial charge in [-0.15, -0.1) is 24.0 Å². The largest absolute Gasteiger partial charge is 0.385 e. The van der Waals surface area contributed by atoms with E-state index in [1.54, 1.807) is 7.11 Å². The second kappa shape index (κ2) is 8.29. The summed E-state index contributed by atoms with van der Waals surface area (Å²) in [7, 11) is 3.92. The highest BCUT2D eigenvalue weighted by atomic mass is 127. The molecule has 4 nitrogen and oxygen atoms in total. The number of hydrogen-bond donors (Lipinski definition) is 1. The zero-order valence-corrected chi connectivity index (χ0v) is 14.6. The molecule has 0 aromatic carbocycles. The first-order valence-electron chi connectivity index (χ1n) is 7.24. The maximum atomic E-state index is 5.29. The van der Waals surface area contributed by atoms with E-state index in [0.29, 0.717) is 5.41 Å². The fraction of sp³-hybridized carbons (Fsp3) is 0.929. The number of hydrogen-bond acceptors (Lipinski definition) is 4. The number of likely N-dealkylation sites (N-methyl/N-ethyl adjacent to an activating group) is 1. The van der Waals surface area contributed by atoms with Crippen molar-refractivity contribution < 1.29 is 4.74 Å². The molecule has 1 fully saturated rings. The third kappa shape index (κ3) is 4.77. The number of guanidine groups is 1. The van der Waals surface area contributed by atoms with Crippen LogP contribution in [0.2, 0.25) is 0 Å². The van der Waals surface area contributed by atoms with Gasteiger partial charge in [0, 0.05) is 33.9 Å². The van der Waals surface area contributed by atoms with Crippen molar-refractivity contribution in [3.63, 3.8) is 0 Å². The normalized spacial score (nSPS) is 21.8. The van der Waals surface area contributed by atoms with E-state index >= 15 is 0 Å². The molecule has 0 saturated heterocycles. The van der Waals surface area contributed by atoms with Crippen LogP contribution in [0.5, 0.6) is 0 Å². The van der Waals surface area contributed by atoms with Crippen molar-refractivity contribution in [1.29, 1.82) is 0 Å². The third-order valence-electron chi connectivity index (χ3n) is 4.43. The first-order chi connectivity index (χ1) is 8.76. The van der Waals surface area contributed by atoms with Gasteiger partial charge in [0.1, 0.15) is 0 Å². The van der Waals surface area contributed by atoms with Crippen molar-refractivity contribution in [1.82, 2.24) is 10.2 Å². The first kappa shape index (κ1) is 17.0. The van der Waals surface area contributed by atoms with Crippen molar-refractivity contribution in [2.45, 2.75) is 38.5 Å². The fourth-order valence-electron chi connectivity index (χ4n) is 3.13. The van der Waals surface area contributed by atoms with E-state index in [9.17, 15) is 0 Å². The number of nitrogens with one attached hydrogen (secondary N) is 1. The van der Waals surface area contributed by atoms with Gasteiger partial charge in [-0.3, -0.25) is 4.99 Å². The summed E-state index contributed by atoms with van der Waals surface area (Å²) < 4.78 is 5.29. The van der Waals surface area contributed by atoms with E-state index in [0.717, 1.165) is 32.2 Å². The Balaban J connectivity index is 0.00000180. The Morgan fingerprint density at radius 3 is 2.63 bits per heavy atom. The molecule has 0 atom stereocenters. The summed E-state index contributed by atoms with van der Waals surface area (Å²) in [5.74, 6) is 1.08. The van der Waals surface area contributed by atoms with Crippen molar-refractivity contribution in [2.24, 2.45) is 10.4 Å². The molecule has 0 amide bonds. The third-order valence-corrected chi connectivity index (χ3v) is 4.43. The highest BCUT2D eigenvalue weighted by molar-refractivity contribution is 14.0. The molecule has 112 valence electrons. The number of nitrogens with zero attached hydrogens (tertiary/aromatic N) is 2. The zero-order chi connectivity index (χ0) is 12.8. The number of methoxy groups -OCH3 is 1. The monoisotopic (exact) mass is 381 g/mol. The molecule has 0 spiro atoms. The predicted octanol–water partition coefficient (Wildman–Crippen LogP) is 2.48. The lowest BCUT2D eigenvalue weighted by molar-refractivity contribution is 0.104. The van der Waals surface area contributed by atoms with Gasteiger partial charge in [-0.05, 0) is 24.7 Å². The second-order valence-corrected chi connectivity index (χ2v) is 5.78. The van der Waals surface area contributed by atoms with Gasteiger partial charge in [-0.25, -0.2) is 0 Å². The minimum absolute atomic E-state index is 0. The first-order valence-corrected chi connectivity index (χ1v) is 7.24. The van der Waals surface area contributed by atoms with Crippen LogP contribution in [0.4, 0.5) is 0 Å². The van der Waals surface area contributed by atoms with Crippen LogP contribution in [0.15, 0.2) is 4.99 Å². The van der Waals surface area contributed by atoms with Gasteiger partial charge in [0.05, 0.1) is 6.54 Å². The van der Waals surface area contributed by atoms with Crippen LogP contribution in [0.3, 0.4) is 0 Å². The molecular formula is C14H28IN3O. The molecule has 2 aliphatic rings. The number of ether oxygens (including phenoxy) is 1. The summed E-state index contributed by atoms with van der Waals surface area (Å²) in [6, 6.07) is 0. The molecule has 5 heteroatoms. The van der Waals surface area contributed by atoms with E-state index in [-0.39, 0.29) is 24.0 Å². The van der Waals surface area contributed by atoms with E-state index < -0.39 is 0 Å². The average molecular weight is 381 g/mol. The van der Waals surface area contributed by atoms with Crippen LogP contribution in [0.1, 0.15) is 38.5 Å². The van der Waals surface area contributed by atoms with Crippen molar-refractivity contribution in [3.8, 4) is 0 Å². The van der Waals surface area contributed by atoms with Gasteiger partial charge in [0.2, 0.25) is 0 Å². The molecule has 0 bridgehead atoms. The lowest BCUT2D eigenvalue weighted by atomic mass is 9.72. The molecule has 1 aliphatic heterocycles. The molecule has 0 aromatic heterocycles. The van der Waals surface area contributed by atoms with Gasteiger partial charge in [-0.1, -0.05) is 19.3 Å². The molecule has 1 N–H and O–H groups in total. The Bertz CT molecular complexity index is 290.